The Hall–Kier alpha value is -0.160. The van der Waals surface area contributed by atoms with E-state index in [-0.39, 0.29) is 0 Å². The minimum absolute atomic E-state index is 0.461. The van der Waals surface area contributed by atoms with Crippen LogP contribution in [-0.2, 0) is 9.47 Å². The summed E-state index contributed by atoms with van der Waals surface area (Å²) >= 11 is 0. The Morgan fingerprint density at radius 1 is 1.16 bits per heavy atom. The van der Waals surface area contributed by atoms with Gasteiger partial charge in [-0.1, -0.05) is 0 Å². The summed E-state index contributed by atoms with van der Waals surface area (Å²) in [6.07, 6.45) is 7.42. The van der Waals surface area contributed by atoms with Gasteiger partial charge in [-0.25, -0.2) is 0 Å². The quantitative estimate of drug-likeness (QED) is 0.753. The monoisotopic (exact) mass is 268 g/mol. The van der Waals surface area contributed by atoms with Gasteiger partial charge in [-0.2, -0.15) is 0 Å². The molecule has 4 nitrogen and oxygen atoms in total. The van der Waals surface area contributed by atoms with Gasteiger partial charge in [-0.15, -0.1) is 0 Å². The summed E-state index contributed by atoms with van der Waals surface area (Å²) in [7, 11) is 1.81. The van der Waals surface area contributed by atoms with E-state index in [4.69, 9.17) is 9.47 Å². The maximum atomic E-state index is 6.16. The molecule has 0 spiro atoms. The van der Waals surface area contributed by atoms with Gasteiger partial charge in [0.2, 0.25) is 0 Å². The third-order valence-electron chi connectivity index (χ3n) is 4.64. The minimum atomic E-state index is 0.461. The van der Waals surface area contributed by atoms with E-state index in [9.17, 15) is 0 Å². The zero-order valence-electron chi connectivity index (χ0n) is 12.1. The van der Waals surface area contributed by atoms with Crippen LogP contribution in [0.4, 0.5) is 0 Å². The van der Waals surface area contributed by atoms with Crippen LogP contribution in [0.25, 0.3) is 0 Å². The van der Waals surface area contributed by atoms with Crippen molar-refractivity contribution in [2.75, 3.05) is 39.9 Å². The molecule has 0 radical (unpaired) electrons. The highest BCUT2D eigenvalue weighted by atomic mass is 16.5. The van der Waals surface area contributed by atoms with Gasteiger partial charge in [0, 0.05) is 32.8 Å². The number of hydrogen-bond acceptors (Lipinski definition) is 4. The summed E-state index contributed by atoms with van der Waals surface area (Å²) < 4.78 is 11.4. The van der Waals surface area contributed by atoms with Crippen molar-refractivity contribution in [2.45, 2.75) is 50.4 Å². The van der Waals surface area contributed by atoms with Gasteiger partial charge < -0.3 is 19.7 Å². The topological polar surface area (TPSA) is 33.7 Å². The standard InChI is InChI=1S/C15H28N2O2/c1-18-11-12-6-7-17(9-12)10-15-5-4-14(19-15)8-16-13-2-3-13/h12-16H,2-11H2,1H3. The predicted molar refractivity (Wildman–Crippen MR) is 75.3 cm³/mol. The molecule has 0 bridgehead atoms. The molecule has 0 aromatic carbocycles. The number of methoxy groups -OCH3 is 1. The van der Waals surface area contributed by atoms with E-state index in [2.05, 4.69) is 10.2 Å². The van der Waals surface area contributed by atoms with Crippen molar-refractivity contribution in [3.8, 4) is 0 Å². The Bertz CT molecular complexity index is 283. The molecule has 3 rings (SSSR count). The number of nitrogens with zero attached hydrogens (tertiary/aromatic N) is 1. The first-order valence-electron chi connectivity index (χ1n) is 7.93. The number of nitrogens with one attached hydrogen (secondary N) is 1. The van der Waals surface area contributed by atoms with Crippen molar-refractivity contribution >= 4 is 0 Å². The summed E-state index contributed by atoms with van der Waals surface area (Å²) in [6, 6.07) is 0.802. The summed E-state index contributed by atoms with van der Waals surface area (Å²) in [6.45, 7) is 5.52. The number of ether oxygens (including phenoxy) is 2. The summed E-state index contributed by atoms with van der Waals surface area (Å²) in [5.74, 6) is 0.735. The lowest BCUT2D eigenvalue weighted by Gasteiger charge is -2.21. The van der Waals surface area contributed by atoms with E-state index in [1.54, 1.807) is 7.11 Å². The molecule has 1 saturated carbocycles. The van der Waals surface area contributed by atoms with Gasteiger partial charge in [0.05, 0.1) is 18.8 Å². The van der Waals surface area contributed by atoms with Gasteiger partial charge in [-0.05, 0) is 44.6 Å². The molecule has 1 N–H and O–H groups in total. The summed E-state index contributed by atoms with van der Waals surface area (Å²) in [5.41, 5.74) is 0. The molecule has 3 unspecified atom stereocenters. The average molecular weight is 268 g/mol. The Labute approximate surface area is 116 Å². The Morgan fingerprint density at radius 2 is 2.00 bits per heavy atom. The molecule has 2 heterocycles. The van der Waals surface area contributed by atoms with E-state index in [0.717, 1.165) is 31.7 Å². The first-order chi connectivity index (χ1) is 9.33. The second-order valence-corrected chi connectivity index (χ2v) is 6.51. The Balaban J connectivity index is 1.32. The fourth-order valence-corrected chi connectivity index (χ4v) is 3.39. The molecule has 3 fully saturated rings. The van der Waals surface area contributed by atoms with Crippen LogP contribution in [0.15, 0.2) is 0 Å². The van der Waals surface area contributed by atoms with E-state index < -0.39 is 0 Å². The van der Waals surface area contributed by atoms with Crippen LogP contribution in [0.3, 0.4) is 0 Å². The van der Waals surface area contributed by atoms with Crippen LogP contribution in [-0.4, -0.2) is 63.0 Å². The normalized spacial score (nSPS) is 36.2. The Morgan fingerprint density at radius 3 is 2.79 bits per heavy atom. The van der Waals surface area contributed by atoms with Crippen molar-refractivity contribution in [1.29, 1.82) is 0 Å². The third kappa shape index (κ3) is 4.15. The maximum absolute atomic E-state index is 6.16. The minimum Gasteiger partial charge on any atom is -0.384 e. The van der Waals surface area contributed by atoms with E-state index in [0.29, 0.717) is 12.2 Å². The molecule has 110 valence electrons. The first kappa shape index (κ1) is 13.8. The molecular weight excluding hydrogens is 240 g/mol. The molecule has 19 heavy (non-hydrogen) atoms. The van der Waals surface area contributed by atoms with Gasteiger partial charge in [0.15, 0.2) is 0 Å². The number of rotatable bonds is 7. The van der Waals surface area contributed by atoms with Crippen LogP contribution in [0.5, 0.6) is 0 Å². The van der Waals surface area contributed by atoms with E-state index in [1.807, 2.05) is 0 Å². The molecule has 0 amide bonds. The van der Waals surface area contributed by atoms with Crippen LogP contribution in [0.2, 0.25) is 0 Å². The van der Waals surface area contributed by atoms with Crippen molar-refractivity contribution < 1.29 is 9.47 Å². The maximum Gasteiger partial charge on any atom is 0.0707 e. The third-order valence-corrected chi connectivity index (χ3v) is 4.64. The average Bonchev–Trinajstić information content (AvgIpc) is 2.97. The molecule has 2 aliphatic heterocycles. The fourth-order valence-electron chi connectivity index (χ4n) is 3.39. The Kier molecular flexibility index (Phi) is 4.74. The predicted octanol–water partition coefficient (Wildman–Crippen LogP) is 1.25. The van der Waals surface area contributed by atoms with Crippen LogP contribution in [0.1, 0.15) is 32.1 Å². The SMILES string of the molecule is COCC1CCN(CC2CCC(CNC3CC3)O2)C1. The summed E-state index contributed by atoms with van der Waals surface area (Å²) in [4.78, 5) is 2.56. The fraction of sp³-hybridized carbons (Fsp3) is 1.00. The smallest absolute Gasteiger partial charge is 0.0707 e. The second-order valence-electron chi connectivity index (χ2n) is 6.51. The van der Waals surface area contributed by atoms with Crippen molar-refractivity contribution in [2.24, 2.45) is 5.92 Å². The van der Waals surface area contributed by atoms with Gasteiger partial charge in [0.1, 0.15) is 0 Å². The van der Waals surface area contributed by atoms with Gasteiger partial charge >= 0.3 is 0 Å². The number of likely N-dealkylation sites (tertiary alicyclic amines) is 1. The van der Waals surface area contributed by atoms with E-state index >= 15 is 0 Å². The zero-order valence-corrected chi connectivity index (χ0v) is 12.1. The van der Waals surface area contributed by atoms with E-state index in [1.165, 1.54) is 45.2 Å². The molecule has 3 aliphatic rings. The largest absolute Gasteiger partial charge is 0.384 e. The molecule has 0 aromatic heterocycles. The molecule has 1 aliphatic carbocycles. The van der Waals surface area contributed by atoms with Crippen molar-refractivity contribution in [1.82, 2.24) is 10.2 Å². The second kappa shape index (κ2) is 6.53. The van der Waals surface area contributed by atoms with Crippen molar-refractivity contribution in [3.05, 3.63) is 0 Å². The highest BCUT2D eigenvalue weighted by Gasteiger charge is 2.31. The highest BCUT2D eigenvalue weighted by molar-refractivity contribution is 4.85. The lowest BCUT2D eigenvalue weighted by atomic mass is 10.1. The van der Waals surface area contributed by atoms with Crippen LogP contribution in [0, 0.1) is 5.92 Å². The number of hydrogen-bond donors (Lipinski definition) is 1. The van der Waals surface area contributed by atoms with Crippen LogP contribution >= 0.6 is 0 Å². The van der Waals surface area contributed by atoms with Crippen molar-refractivity contribution in [3.63, 3.8) is 0 Å². The molecule has 2 saturated heterocycles. The molecule has 0 aromatic rings. The lowest BCUT2D eigenvalue weighted by Crippen LogP contribution is -2.33. The molecule has 4 heteroatoms. The molecular formula is C15H28N2O2. The van der Waals surface area contributed by atoms with Crippen LogP contribution < -0.4 is 5.32 Å². The lowest BCUT2D eigenvalue weighted by molar-refractivity contribution is 0.0260. The van der Waals surface area contributed by atoms with Gasteiger partial charge in [0.25, 0.3) is 0 Å². The van der Waals surface area contributed by atoms with Gasteiger partial charge in [-0.3, -0.25) is 0 Å². The zero-order chi connectivity index (χ0) is 13.1. The first-order valence-corrected chi connectivity index (χ1v) is 7.93. The molecule has 3 atom stereocenters. The highest BCUT2D eigenvalue weighted by Crippen LogP contribution is 2.25. The summed E-state index contributed by atoms with van der Waals surface area (Å²) in [5, 5.41) is 3.58.